The summed E-state index contributed by atoms with van der Waals surface area (Å²) < 4.78 is 7.61. The summed E-state index contributed by atoms with van der Waals surface area (Å²) in [4.78, 5) is 54.0. The zero-order valence-corrected chi connectivity index (χ0v) is 23.0. The molecule has 1 aliphatic heterocycles. The average molecular weight is 527 g/mol. The Balaban J connectivity index is 1.83. The van der Waals surface area contributed by atoms with E-state index in [1.54, 1.807) is 36.0 Å². The Bertz CT molecular complexity index is 1190. The first-order chi connectivity index (χ1) is 18.0. The van der Waals surface area contributed by atoms with E-state index in [4.69, 9.17) is 4.74 Å². The van der Waals surface area contributed by atoms with E-state index >= 15 is 0 Å². The van der Waals surface area contributed by atoms with Crippen LogP contribution >= 0.6 is 0 Å². The van der Waals surface area contributed by atoms with E-state index in [1.807, 2.05) is 34.7 Å². The molecular formula is C27H38N6O5. The summed E-state index contributed by atoms with van der Waals surface area (Å²) in [7, 11) is 3.50. The third-order valence-corrected chi connectivity index (χ3v) is 6.79. The molecule has 4 amide bonds. The molecule has 0 unspecified atom stereocenters. The topological polar surface area (TPSA) is 135 Å². The van der Waals surface area contributed by atoms with Crippen LogP contribution in [0.5, 0.6) is 5.75 Å². The fourth-order valence-corrected chi connectivity index (χ4v) is 4.41. The molecule has 0 fully saturated rings. The maximum absolute atomic E-state index is 13.2. The van der Waals surface area contributed by atoms with E-state index < -0.39 is 29.8 Å². The second-order valence-electron chi connectivity index (χ2n) is 9.94. The smallest absolute Gasteiger partial charge is 0.255 e. The van der Waals surface area contributed by atoms with E-state index in [1.165, 1.54) is 4.90 Å². The van der Waals surface area contributed by atoms with Crippen LogP contribution in [-0.4, -0.2) is 77.1 Å². The molecule has 11 heteroatoms. The molecule has 0 aliphatic carbocycles. The van der Waals surface area contributed by atoms with Crippen molar-refractivity contribution in [2.24, 2.45) is 13.0 Å². The highest BCUT2D eigenvalue weighted by Crippen LogP contribution is 2.19. The molecule has 0 bridgehead atoms. The first-order valence-electron chi connectivity index (χ1n) is 12.8. The first-order valence-corrected chi connectivity index (χ1v) is 12.8. The Morgan fingerprint density at radius 3 is 2.53 bits per heavy atom. The number of ether oxygens (including phenoxy) is 1. The van der Waals surface area contributed by atoms with Gasteiger partial charge in [0.2, 0.25) is 17.7 Å². The SMILES string of the molecule is Cc1nn(C)c(C)c1CCNC(=O)[C@@H]1CC(=O)N[C@@H](C(C)C)C(=O)N(C)CCOc2ccccc2C(=O)N1. The minimum atomic E-state index is -1.16. The minimum Gasteiger partial charge on any atom is -0.491 e. The zero-order chi connectivity index (χ0) is 28.0. The average Bonchev–Trinajstić information content (AvgIpc) is 3.11. The van der Waals surface area contributed by atoms with Gasteiger partial charge in [0, 0.05) is 26.3 Å². The van der Waals surface area contributed by atoms with Crippen LogP contribution in [0.1, 0.15) is 47.6 Å². The van der Waals surface area contributed by atoms with Crippen LogP contribution in [-0.2, 0) is 27.9 Å². The molecule has 1 aromatic heterocycles. The van der Waals surface area contributed by atoms with Gasteiger partial charge in [0.1, 0.15) is 24.4 Å². The maximum atomic E-state index is 13.2. The van der Waals surface area contributed by atoms with Gasteiger partial charge in [-0.2, -0.15) is 5.10 Å². The van der Waals surface area contributed by atoms with E-state index in [0.29, 0.717) is 18.7 Å². The molecule has 3 rings (SSSR count). The van der Waals surface area contributed by atoms with Gasteiger partial charge in [-0.1, -0.05) is 26.0 Å². The molecule has 1 aromatic carbocycles. The number of aryl methyl sites for hydroxylation is 2. The van der Waals surface area contributed by atoms with E-state index in [-0.39, 0.29) is 37.0 Å². The molecule has 0 spiro atoms. The number of aromatic nitrogens is 2. The molecule has 2 heterocycles. The summed E-state index contributed by atoms with van der Waals surface area (Å²) in [5.41, 5.74) is 3.16. The van der Waals surface area contributed by atoms with Crippen LogP contribution in [0, 0.1) is 19.8 Å². The Morgan fingerprint density at radius 2 is 1.87 bits per heavy atom. The van der Waals surface area contributed by atoms with Crippen LogP contribution in [0.2, 0.25) is 0 Å². The monoisotopic (exact) mass is 526 g/mol. The van der Waals surface area contributed by atoms with Crippen LogP contribution in [0.4, 0.5) is 0 Å². The number of amides is 4. The van der Waals surface area contributed by atoms with Crippen molar-refractivity contribution in [2.45, 2.75) is 52.6 Å². The number of fused-ring (bicyclic) bond motifs is 1. The first kappa shape index (κ1) is 28.7. The van der Waals surface area contributed by atoms with Gasteiger partial charge in [-0.25, -0.2) is 0 Å². The zero-order valence-electron chi connectivity index (χ0n) is 23.0. The number of hydrogen-bond donors (Lipinski definition) is 3. The fourth-order valence-electron chi connectivity index (χ4n) is 4.41. The molecule has 206 valence electrons. The Morgan fingerprint density at radius 1 is 1.16 bits per heavy atom. The van der Waals surface area contributed by atoms with Gasteiger partial charge in [-0.05, 0) is 43.9 Å². The van der Waals surface area contributed by atoms with Crippen molar-refractivity contribution in [2.75, 3.05) is 26.7 Å². The van der Waals surface area contributed by atoms with Crippen molar-refractivity contribution >= 4 is 23.6 Å². The van der Waals surface area contributed by atoms with Gasteiger partial charge in [-0.15, -0.1) is 0 Å². The van der Waals surface area contributed by atoms with Gasteiger partial charge >= 0.3 is 0 Å². The van der Waals surface area contributed by atoms with Crippen molar-refractivity contribution in [1.82, 2.24) is 30.6 Å². The van der Waals surface area contributed by atoms with Crippen LogP contribution in [0.15, 0.2) is 24.3 Å². The lowest BCUT2D eigenvalue weighted by Crippen LogP contribution is -2.54. The van der Waals surface area contributed by atoms with Crippen LogP contribution in [0.25, 0.3) is 0 Å². The number of carbonyl (C=O) groups is 4. The lowest BCUT2D eigenvalue weighted by Gasteiger charge is -2.28. The molecule has 2 atom stereocenters. The van der Waals surface area contributed by atoms with Crippen molar-refractivity contribution in [3.8, 4) is 5.75 Å². The largest absolute Gasteiger partial charge is 0.491 e. The standard InChI is InChI=1S/C27H38N6O5/c1-16(2)24-27(37)32(5)13-14-38-22-10-8-7-9-20(22)25(35)29-21(15-23(34)30-24)26(36)28-12-11-19-17(3)31-33(6)18(19)4/h7-10,16,21,24H,11-15H2,1-6H3,(H,28,36)(H,29,35)(H,30,34)/t21-,24-/m0/s1. The quantitative estimate of drug-likeness (QED) is 0.529. The Labute approximate surface area is 223 Å². The van der Waals surface area contributed by atoms with Crippen molar-refractivity contribution < 1.29 is 23.9 Å². The third-order valence-electron chi connectivity index (χ3n) is 6.79. The number of hydrogen-bond acceptors (Lipinski definition) is 6. The molecule has 38 heavy (non-hydrogen) atoms. The summed E-state index contributed by atoms with van der Waals surface area (Å²) >= 11 is 0. The number of carbonyl (C=O) groups excluding carboxylic acids is 4. The highest BCUT2D eigenvalue weighted by atomic mass is 16.5. The summed E-state index contributed by atoms with van der Waals surface area (Å²) in [6.07, 6.45) is 0.225. The number of rotatable bonds is 5. The third kappa shape index (κ3) is 6.90. The number of benzene rings is 1. The number of nitrogens with zero attached hydrogens (tertiary/aromatic N) is 3. The predicted molar refractivity (Wildman–Crippen MR) is 142 cm³/mol. The van der Waals surface area contributed by atoms with Gasteiger partial charge < -0.3 is 25.6 Å². The number of nitrogens with one attached hydrogen (secondary N) is 3. The molecule has 3 N–H and O–H groups in total. The minimum absolute atomic E-state index is 0.155. The summed E-state index contributed by atoms with van der Waals surface area (Å²) in [5, 5.41) is 12.7. The highest BCUT2D eigenvalue weighted by molar-refractivity contribution is 6.01. The summed E-state index contributed by atoms with van der Waals surface area (Å²) in [5.74, 6) is -1.65. The predicted octanol–water partition coefficient (Wildman–Crippen LogP) is 0.876. The van der Waals surface area contributed by atoms with Gasteiger partial charge in [0.25, 0.3) is 5.91 Å². The maximum Gasteiger partial charge on any atom is 0.255 e. The number of para-hydroxylation sites is 1. The Kier molecular flexibility index (Phi) is 9.49. The van der Waals surface area contributed by atoms with Crippen molar-refractivity contribution in [3.63, 3.8) is 0 Å². The van der Waals surface area contributed by atoms with Crippen LogP contribution < -0.4 is 20.7 Å². The highest BCUT2D eigenvalue weighted by Gasteiger charge is 2.31. The molecule has 0 saturated heterocycles. The second kappa shape index (κ2) is 12.6. The van der Waals surface area contributed by atoms with Crippen molar-refractivity contribution in [1.29, 1.82) is 0 Å². The van der Waals surface area contributed by atoms with Gasteiger partial charge in [0.15, 0.2) is 0 Å². The van der Waals surface area contributed by atoms with Crippen LogP contribution in [0.3, 0.4) is 0 Å². The second-order valence-corrected chi connectivity index (χ2v) is 9.94. The van der Waals surface area contributed by atoms with E-state index in [0.717, 1.165) is 17.0 Å². The fraction of sp³-hybridized carbons (Fsp3) is 0.519. The normalized spacial score (nSPS) is 19.2. The van der Waals surface area contributed by atoms with Gasteiger partial charge in [0.05, 0.1) is 24.2 Å². The number of likely N-dealkylation sites (N-methyl/N-ethyl adjacent to an activating group) is 1. The molecular weight excluding hydrogens is 488 g/mol. The Hall–Kier alpha value is -3.89. The molecule has 1 aliphatic rings. The van der Waals surface area contributed by atoms with E-state index in [2.05, 4.69) is 21.0 Å². The molecule has 0 radical (unpaired) electrons. The summed E-state index contributed by atoms with van der Waals surface area (Å²) in [6, 6.07) is 4.73. The molecule has 0 saturated carbocycles. The molecule has 11 nitrogen and oxygen atoms in total. The lowest BCUT2D eigenvalue weighted by molar-refractivity contribution is -0.137. The van der Waals surface area contributed by atoms with E-state index in [9.17, 15) is 19.2 Å². The molecule has 2 aromatic rings. The lowest BCUT2D eigenvalue weighted by atomic mass is 10.0. The van der Waals surface area contributed by atoms with Crippen molar-refractivity contribution in [3.05, 3.63) is 46.8 Å². The van der Waals surface area contributed by atoms with Gasteiger partial charge in [-0.3, -0.25) is 23.9 Å². The summed E-state index contributed by atoms with van der Waals surface area (Å²) in [6.45, 7) is 8.27.